The molecule has 0 saturated carbocycles. The van der Waals surface area contributed by atoms with Crippen molar-refractivity contribution in [3.05, 3.63) is 200 Å². The van der Waals surface area contributed by atoms with Crippen LogP contribution in [-0.2, 0) is 20.1 Å². The minimum atomic E-state index is 0. The molecule has 0 atom stereocenters. The summed E-state index contributed by atoms with van der Waals surface area (Å²) in [6.07, 6.45) is 3.50. The van der Waals surface area contributed by atoms with E-state index in [1.165, 1.54) is 0 Å². The van der Waals surface area contributed by atoms with Crippen LogP contribution in [0.15, 0.2) is 193 Å². The summed E-state index contributed by atoms with van der Waals surface area (Å²) in [4.78, 5) is 9.48. The summed E-state index contributed by atoms with van der Waals surface area (Å²) in [6, 6.07) is 63.3. The first kappa shape index (κ1) is 34.9. The molecule has 0 aliphatic rings. The molecule has 0 unspecified atom stereocenters. The average molecular weight is 890 g/mol. The third kappa shape index (κ3) is 6.86. The Kier molecular flexibility index (Phi) is 10.2. The van der Waals surface area contributed by atoms with Crippen LogP contribution in [0, 0.1) is 11.4 Å². The van der Waals surface area contributed by atoms with Gasteiger partial charge in [0, 0.05) is 43.0 Å². The fourth-order valence-electron chi connectivity index (χ4n) is 6.72. The SMILES string of the molecule is [Ir].[c-]1ccccc1-c1ccccn1.[c-]1sc2ccc(-c3ccco3)cc2c1-c1nc2ccccc2n1-c1c(-c2ccccc2)cccc1-c1ccccc1. The minimum absolute atomic E-state index is 0. The number of rotatable bonds is 6. The van der Waals surface area contributed by atoms with Crippen molar-refractivity contribution in [2.24, 2.45) is 0 Å². The average Bonchev–Trinajstić information content (AvgIpc) is 4.01. The Balaban J connectivity index is 0.000000271. The molecule has 6 aromatic carbocycles. The van der Waals surface area contributed by atoms with Crippen molar-refractivity contribution < 1.29 is 24.5 Å². The summed E-state index contributed by atoms with van der Waals surface area (Å²) in [7, 11) is 0. The third-order valence-corrected chi connectivity index (χ3v) is 10.1. The molecular weight excluding hydrogens is 859 g/mol. The van der Waals surface area contributed by atoms with Crippen molar-refractivity contribution in [1.82, 2.24) is 14.5 Å². The molecule has 261 valence electrons. The maximum Gasteiger partial charge on any atom is 0.133 e. The number of benzene rings is 6. The van der Waals surface area contributed by atoms with Crippen LogP contribution in [0.3, 0.4) is 0 Å². The van der Waals surface area contributed by atoms with Crippen molar-refractivity contribution in [2.45, 2.75) is 0 Å². The summed E-state index contributed by atoms with van der Waals surface area (Å²) >= 11 is 1.62. The minimum Gasteiger partial charge on any atom is -0.464 e. The molecule has 0 aliphatic carbocycles. The van der Waals surface area contributed by atoms with Crippen LogP contribution in [0.4, 0.5) is 0 Å². The van der Waals surface area contributed by atoms with Gasteiger partial charge in [0.25, 0.3) is 0 Å². The number of aromatic nitrogens is 3. The first-order valence-corrected chi connectivity index (χ1v) is 18.2. The van der Waals surface area contributed by atoms with E-state index < -0.39 is 0 Å². The first-order chi connectivity index (χ1) is 26.3. The van der Waals surface area contributed by atoms with Crippen LogP contribution in [0.5, 0.6) is 0 Å². The Bertz CT molecular complexity index is 2670. The van der Waals surface area contributed by atoms with Gasteiger partial charge < -0.3 is 14.0 Å². The summed E-state index contributed by atoms with van der Waals surface area (Å²) in [6.45, 7) is 0. The van der Waals surface area contributed by atoms with Gasteiger partial charge >= 0.3 is 0 Å². The molecule has 10 aromatic rings. The molecule has 0 spiro atoms. The van der Waals surface area contributed by atoms with E-state index in [2.05, 4.69) is 142 Å². The summed E-state index contributed by atoms with van der Waals surface area (Å²) < 4.78 is 9.23. The van der Waals surface area contributed by atoms with Crippen molar-refractivity contribution >= 4 is 32.5 Å². The standard InChI is InChI=1S/C37H23N2OS.C11H8N.Ir/c1-3-11-25(12-4-1)28-15-9-16-29(26-13-5-2-6-14-26)36(28)39-33-18-8-7-17-32(33)38-37(39)31-24-41-35-21-20-27(23-30(31)35)34-19-10-22-40-34;1-2-6-10(7-3-1)11-8-4-5-9-12-11;/h1-23H;1-6,8-9H;/q2*-1;. The molecule has 0 amide bonds. The molecule has 0 saturated heterocycles. The van der Waals surface area contributed by atoms with E-state index >= 15 is 0 Å². The van der Waals surface area contributed by atoms with E-state index in [0.29, 0.717) is 0 Å². The van der Waals surface area contributed by atoms with Gasteiger partial charge in [0.1, 0.15) is 5.76 Å². The predicted octanol–water partition coefficient (Wildman–Crippen LogP) is 12.8. The molecule has 4 nitrogen and oxygen atoms in total. The number of nitrogens with zero attached hydrogens (tertiary/aromatic N) is 3. The monoisotopic (exact) mass is 890 g/mol. The van der Waals surface area contributed by atoms with E-state index in [4.69, 9.17) is 9.40 Å². The Morgan fingerprint density at radius 3 is 2.02 bits per heavy atom. The number of hydrogen-bond acceptors (Lipinski definition) is 4. The van der Waals surface area contributed by atoms with Gasteiger partial charge in [-0.3, -0.25) is 16.3 Å². The second-order valence-corrected chi connectivity index (χ2v) is 13.3. The Labute approximate surface area is 331 Å². The quantitative estimate of drug-likeness (QED) is 0.156. The molecule has 4 aromatic heterocycles. The van der Waals surface area contributed by atoms with E-state index in [-0.39, 0.29) is 20.1 Å². The zero-order chi connectivity index (χ0) is 35.4. The van der Waals surface area contributed by atoms with Gasteiger partial charge in [-0.05, 0) is 47.2 Å². The zero-order valence-corrected chi connectivity index (χ0v) is 32.1. The van der Waals surface area contributed by atoms with Gasteiger partial charge in [0.2, 0.25) is 0 Å². The maximum atomic E-state index is 5.73. The van der Waals surface area contributed by atoms with Gasteiger partial charge in [-0.2, -0.15) is 0 Å². The largest absolute Gasteiger partial charge is 0.464 e. The van der Waals surface area contributed by atoms with Gasteiger partial charge in [-0.15, -0.1) is 41.3 Å². The van der Waals surface area contributed by atoms with Crippen molar-refractivity contribution in [1.29, 1.82) is 0 Å². The Hall–Kier alpha value is -6.17. The van der Waals surface area contributed by atoms with E-state index in [0.717, 1.165) is 83.0 Å². The molecule has 6 heteroatoms. The fourth-order valence-corrected chi connectivity index (χ4v) is 7.54. The number of para-hydroxylation sites is 3. The van der Waals surface area contributed by atoms with Crippen LogP contribution >= 0.6 is 11.3 Å². The summed E-state index contributed by atoms with van der Waals surface area (Å²) in [5, 5.41) is 4.73. The topological polar surface area (TPSA) is 43.9 Å². The maximum absolute atomic E-state index is 5.73. The van der Waals surface area contributed by atoms with Crippen molar-refractivity contribution in [2.75, 3.05) is 0 Å². The van der Waals surface area contributed by atoms with Crippen LogP contribution in [0.25, 0.3) is 83.0 Å². The zero-order valence-electron chi connectivity index (χ0n) is 28.9. The van der Waals surface area contributed by atoms with Gasteiger partial charge in [-0.1, -0.05) is 137 Å². The molecular formula is C48H31IrN3OS-2. The van der Waals surface area contributed by atoms with Gasteiger partial charge in [0.05, 0.1) is 28.8 Å². The van der Waals surface area contributed by atoms with Crippen LogP contribution in [0.1, 0.15) is 0 Å². The number of imidazole rings is 1. The van der Waals surface area contributed by atoms with E-state index in [1.807, 2.05) is 54.6 Å². The summed E-state index contributed by atoms with van der Waals surface area (Å²) in [5.74, 6) is 1.72. The second kappa shape index (κ2) is 15.8. The molecule has 0 N–H and O–H groups in total. The molecule has 0 fully saturated rings. The number of hydrogen-bond donors (Lipinski definition) is 0. The van der Waals surface area contributed by atoms with Crippen LogP contribution in [-0.4, -0.2) is 14.5 Å². The van der Waals surface area contributed by atoms with Gasteiger partial charge in [0.15, 0.2) is 0 Å². The first-order valence-electron chi connectivity index (χ1n) is 17.4. The molecule has 10 rings (SSSR count). The Morgan fingerprint density at radius 2 is 1.33 bits per heavy atom. The molecule has 0 bridgehead atoms. The number of thiophene rings is 1. The second-order valence-electron chi connectivity index (χ2n) is 12.5. The predicted molar refractivity (Wildman–Crippen MR) is 218 cm³/mol. The summed E-state index contributed by atoms with van der Waals surface area (Å²) in [5.41, 5.74) is 11.7. The number of furan rings is 1. The van der Waals surface area contributed by atoms with Crippen molar-refractivity contribution in [3.63, 3.8) is 0 Å². The molecule has 1 radical (unpaired) electrons. The smallest absolute Gasteiger partial charge is 0.133 e. The normalized spacial score (nSPS) is 10.8. The van der Waals surface area contributed by atoms with Crippen molar-refractivity contribution in [3.8, 4) is 61.9 Å². The van der Waals surface area contributed by atoms with E-state index in [9.17, 15) is 0 Å². The number of pyridine rings is 1. The van der Waals surface area contributed by atoms with Crippen LogP contribution < -0.4 is 0 Å². The number of fused-ring (bicyclic) bond motifs is 2. The van der Waals surface area contributed by atoms with Crippen LogP contribution in [0.2, 0.25) is 0 Å². The fraction of sp³-hybridized carbons (Fsp3) is 0. The Morgan fingerprint density at radius 1 is 0.611 bits per heavy atom. The molecule has 0 aliphatic heterocycles. The molecule has 54 heavy (non-hydrogen) atoms. The van der Waals surface area contributed by atoms with Gasteiger partial charge in [-0.25, -0.2) is 0 Å². The third-order valence-electron chi connectivity index (χ3n) is 9.18. The molecule has 4 heterocycles. The van der Waals surface area contributed by atoms with E-state index in [1.54, 1.807) is 23.8 Å².